The minimum absolute atomic E-state index is 0.309. The molecule has 3 heteroatoms. The smallest absolute Gasteiger partial charge is 0.204 e. The minimum Gasteiger partial charge on any atom is -0.312 e. The molecular weight excluding hydrogens is 180 g/mol. The van der Waals surface area contributed by atoms with Crippen LogP contribution in [0.25, 0.3) is 0 Å². The highest BCUT2D eigenvalue weighted by molar-refractivity contribution is 4.82. The Morgan fingerprint density at radius 1 is 1.00 bits per heavy atom. The van der Waals surface area contributed by atoms with Crippen LogP contribution in [0.2, 0.25) is 0 Å². The van der Waals surface area contributed by atoms with E-state index in [0.29, 0.717) is 5.92 Å². The molecular formula is C11H20O3. The van der Waals surface area contributed by atoms with Gasteiger partial charge in [-0.2, -0.15) is 9.78 Å². The third kappa shape index (κ3) is 1.69. The summed E-state index contributed by atoms with van der Waals surface area (Å²) in [6.45, 7) is 6.14. The van der Waals surface area contributed by atoms with E-state index in [2.05, 4.69) is 13.8 Å². The standard InChI is InChI=1S/C11H20O3/c1-9(2)10(3)12-11(14-13-10)7-5-4-6-8-11/h9H,4-8H2,1-3H3. The van der Waals surface area contributed by atoms with Gasteiger partial charge in [-0.3, -0.25) is 0 Å². The van der Waals surface area contributed by atoms with E-state index in [1.165, 1.54) is 19.3 Å². The lowest BCUT2D eigenvalue weighted by Gasteiger charge is -2.31. The van der Waals surface area contributed by atoms with Crippen molar-refractivity contribution < 1.29 is 14.5 Å². The SMILES string of the molecule is CC(C)C1(C)OOC2(CCCCC2)O1. The predicted molar refractivity (Wildman–Crippen MR) is 52.3 cm³/mol. The van der Waals surface area contributed by atoms with E-state index in [1.807, 2.05) is 6.92 Å². The lowest BCUT2D eigenvalue weighted by Crippen LogP contribution is -2.39. The number of ether oxygens (including phenoxy) is 1. The molecule has 0 aromatic heterocycles. The van der Waals surface area contributed by atoms with Gasteiger partial charge in [0.2, 0.25) is 11.6 Å². The van der Waals surface area contributed by atoms with Crippen LogP contribution in [0.1, 0.15) is 52.9 Å². The normalized spacial score (nSPS) is 36.9. The van der Waals surface area contributed by atoms with Crippen molar-refractivity contribution in [3.63, 3.8) is 0 Å². The van der Waals surface area contributed by atoms with E-state index < -0.39 is 11.6 Å². The Balaban J connectivity index is 2.05. The molecule has 2 rings (SSSR count). The molecule has 0 amide bonds. The average molecular weight is 200 g/mol. The van der Waals surface area contributed by atoms with E-state index >= 15 is 0 Å². The van der Waals surface area contributed by atoms with E-state index in [0.717, 1.165) is 12.8 Å². The molecule has 1 heterocycles. The maximum atomic E-state index is 5.99. The molecule has 1 spiro atoms. The Bertz CT molecular complexity index is 209. The van der Waals surface area contributed by atoms with Gasteiger partial charge in [0.15, 0.2) is 0 Å². The summed E-state index contributed by atoms with van der Waals surface area (Å²) in [5.74, 6) is -0.682. The highest BCUT2D eigenvalue weighted by Crippen LogP contribution is 2.44. The lowest BCUT2D eigenvalue weighted by molar-refractivity contribution is -0.357. The summed E-state index contributed by atoms with van der Waals surface area (Å²) in [7, 11) is 0. The Morgan fingerprint density at radius 2 is 1.64 bits per heavy atom. The first-order valence-corrected chi connectivity index (χ1v) is 5.63. The zero-order valence-corrected chi connectivity index (χ0v) is 9.34. The molecule has 3 nitrogen and oxygen atoms in total. The molecule has 82 valence electrons. The fourth-order valence-corrected chi connectivity index (χ4v) is 2.05. The maximum absolute atomic E-state index is 5.99. The number of rotatable bonds is 1. The zero-order valence-electron chi connectivity index (χ0n) is 9.34. The van der Waals surface area contributed by atoms with Crippen LogP contribution < -0.4 is 0 Å². The van der Waals surface area contributed by atoms with Crippen LogP contribution in [0.4, 0.5) is 0 Å². The van der Waals surface area contributed by atoms with Gasteiger partial charge < -0.3 is 4.74 Å². The van der Waals surface area contributed by atoms with Gasteiger partial charge in [-0.25, -0.2) is 0 Å². The highest BCUT2D eigenvalue weighted by atomic mass is 17.3. The largest absolute Gasteiger partial charge is 0.312 e. The van der Waals surface area contributed by atoms with E-state index in [1.54, 1.807) is 0 Å². The van der Waals surface area contributed by atoms with Gasteiger partial charge in [-0.1, -0.05) is 20.3 Å². The van der Waals surface area contributed by atoms with Gasteiger partial charge in [0.25, 0.3) is 0 Å². The average Bonchev–Trinajstić information content (AvgIpc) is 2.47. The van der Waals surface area contributed by atoms with Gasteiger partial charge >= 0.3 is 0 Å². The number of hydrogen-bond donors (Lipinski definition) is 0. The molecule has 0 aromatic rings. The molecule has 0 radical (unpaired) electrons. The van der Waals surface area contributed by atoms with Gasteiger partial charge in [-0.15, -0.1) is 0 Å². The zero-order chi connectivity index (χ0) is 10.2. The Morgan fingerprint density at radius 3 is 2.14 bits per heavy atom. The van der Waals surface area contributed by atoms with Crippen LogP contribution in [0, 0.1) is 5.92 Å². The Labute approximate surface area is 85.6 Å². The molecule has 1 unspecified atom stereocenters. The molecule has 0 aromatic carbocycles. The third-order valence-corrected chi connectivity index (χ3v) is 3.41. The summed E-state index contributed by atoms with van der Waals surface area (Å²) >= 11 is 0. The molecule has 2 fully saturated rings. The molecule has 2 aliphatic rings. The first-order chi connectivity index (χ1) is 6.56. The van der Waals surface area contributed by atoms with Crippen molar-refractivity contribution in [3.05, 3.63) is 0 Å². The van der Waals surface area contributed by atoms with Gasteiger partial charge in [0, 0.05) is 18.8 Å². The van der Waals surface area contributed by atoms with Crippen molar-refractivity contribution >= 4 is 0 Å². The fourth-order valence-electron chi connectivity index (χ4n) is 2.05. The van der Waals surface area contributed by atoms with Crippen LogP contribution >= 0.6 is 0 Å². The predicted octanol–water partition coefficient (Wildman–Crippen LogP) is 3.00. The van der Waals surface area contributed by atoms with Crippen LogP contribution in [-0.2, 0) is 14.5 Å². The molecule has 1 saturated heterocycles. The summed E-state index contributed by atoms with van der Waals surface area (Å²) < 4.78 is 5.99. The van der Waals surface area contributed by atoms with Crippen LogP contribution in [0.3, 0.4) is 0 Å². The lowest BCUT2D eigenvalue weighted by atomic mass is 9.93. The molecule has 14 heavy (non-hydrogen) atoms. The van der Waals surface area contributed by atoms with Gasteiger partial charge in [-0.05, 0) is 19.8 Å². The first kappa shape index (κ1) is 10.4. The van der Waals surface area contributed by atoms with E-state index in [9.17, 15) is 0 Å². The van der Waals surface area contributed by atoms with Crippen LogP contribution in [0.15, 0.2) is 0 Å². The molecule has 1 saturated carbocycles. The van der Waals surface area contributed by atoms with Gasteiger partial charge in [0.1, 0.15) is 0 Å². The second kappa shape index (κ2) is 3.47. The number of hydrogen-bond acceptors (Lipinski definition) is 3. The third-order valence-electron chi connectivity index (χ3n) is 3.41. The topological polar surface area (TPSA) is 27.7 Å². The van der Waals surface area contributed by atoms with Crippen LogP contribution in [0.5, 0.6) is 0 Å². The van der Waals surface area contributed by atoms with Crippen molar-refractivity contribution in [2.45, 2.75) is 64.4 Å². The monoisotopic (exact) mass is 200 g/mol. The highest BCUT2D eigenvalue weighted by Gasteiger charge is 2.51. The van der Waals surface area contributed by atoms with Crippen LogP contribution in [-0.4, -0.2) is 11.6 Å². The molecule has 1 atom stereocenters. The molecule has 1 aliphatic heterocycles. The van der Waals surface area contributed by atoms with E-state index in [4.69, 9.17) is 14.5 Å². The summed E-state index contributed by atoms with van der Waals surface area (Å²) in [5, 5.41) is 0. The summed E-state index contributed by atoms with van der Waals surface area (Å²) in [5.41, 5.74) is 0. The van der Waals surface area contributed by atoms with Crippen molar-refractivity contribution in [1.82, 2.24) is 0 Å². The second-order valence-electron chi connectivity index (χ2n) is 4.91. The van der Waals surface area contributed by atoms with Gasteiger partial charge in [0.05, 0.1) is 0 Å². The fraction of sp³-hybridized carbons (Fsp3) is 1.00. The van der Waals surface area contributed by atoms with Crippen molar-refractivity contribution in [1.29, 1.82) is 0 Å². The molecule has 0 N–H and O–H groups in total. The van der Waals surface area contributed by atoms with Crippen molar-refractivity contribution in [2.75, 3.05) is 0 Å². The van der Waals surface area contributed by atoms with Crippen molar-refractivity contribution in [3.8, 4) is 0 Å². The Hall–Kier alpha value is -0.120. The van der Waals surface area contributed by atoms with E-state index in [-0.39, 0.29) is 0 Å². The summed E-state index contributed by atoms with van der Waals surface area (Å²) in [6.07, 6.45) is 5.58. The first-order valence-electron chi connectivity index (χ1n) is 5.63. The maximum Gasteiger partial charge on any atom is 0.204 e. The summed E-state index contributed by atoms with van der Waals surface area (Å²) in [4.78, 5) is 10.8. The quantitative estimate of drug-likeness (QED) is 0.609. The Kier molecular flexibility index (Phi) is 2.58. The minimum atomic E-state index is -0.558. The van der Waals surface area contributed by atoms with Crippen molar-refractivity contribution in [2.24, 2.45) is 5.92 Å². The molecule has 0 bridgehead atoms. The summed E-state index contributed by atoms with van der Waals surface area (Å²) in [6, 6.07) is 0. The molecule has 1 aliphatic carbocycles. The second-order valence-corrected chi connectivity index (χ2v) is 4.91.